The van der Waals surface area contributed by atoms with Gasteiger partial charge in [0, 0.05) is 49.2 Å². The molecule has 10 heteroatoms. The topological polar surface area (TPSA) is 130 Å². The highest BCUT2D eigenvalue weighted by Crippen LogP contribution is 2.53. The number of carboxylic acid groups (broad SMARTS) is 2. The second-order valence-corrected chi connectivity index (χ2v) is 12.5. The Hall–Kier alpha value is -4.02. The number of rotatable bonds is 12. The Bertz CT molecular complexity index is 1550. The Morgan fingerprint density at radius 1 is 0.886 bits per heavy atom. The number of nitrogens with one attached hydrogen (secondary N) is 1. The normalized spacial score (nSPS) is 23.8. The minimum Gasteiger partial charge on any atom is -0.478 e. The van der Waals surface area contributed by atoms with E-state index in [-0.39, 0.29) is 0 Å². The van der Waals surface area contributed by atoms with Crippen LogP contribution in [0.3, 0.4) is 0 Å². The van der Waals surface area contributed by atoms with Crippen molar-refractivity contribution in [3.63, 3.8) is 0 Å². The third-order valence-electron chi connectivity index (χ3n) is 9.43. The summed E-state index contributed by atoms with van der Waals surface area (Å²) in [6.45, 7) is 2.46. The summed E-state index contributed by atoms with van der Waals surface area (Å²) in [6.07, 6.45) is 15.6. The summed E-state index contributed by atoms with van der Waals surface area (Å²) >= 11 is 0. The molecule has 0 spiro atoms. The van der Waals surface area contributed by atoms with Crippen LogP contribution in [0.15, 0.2) is 67.0 Å². The van der Waals surface area contributed by atoms with Crippen molar-refractivity contribution < 1.29 is 24.5 Å². The fourth-order valence-corrected chi connectivity index (χ4v) is 7.83. The number of unbranched alkanes of at least 4 members (excludes halogenated alkanes) is 1. The number of aromatic nitrogens is 4. The standard InChI is InChI=1S/C30H37N5O.C4H4O4/c1-4-10-34-26(7-1)18-25(32-34)19-27-28(33-35-11-5-2-8-29(27)35)20-36-12-6-3-9-31-30-23-14-21-13-22(16-23)17-24(30)15-21;5-3(6)1-2-4(7)8/h1-2,4-5,7-8,10-11,18,21-24,30-31H,3,6,9,12-17,19-20H2;1-2H,(H,5,6)(H,7,8). The van der Waals surface area contributed by atoms with E-state index in [1.54, 1.807) is 0 Å². The van der Waals surface area contributed by atoms with Gasteiger partial charge in [0.05, 0.1) is 29.0 Å². The molecule has 0 aromatic carbocycles. The van der Waals surface area contributed by atoms with Gasteiger partial charge in [-0.15, -0.1) is 0 Å². The van der Waals surface area contributed by atoms with Crippen LogP contribution in [0.4, 0.5) is 0 Å². The lowest BCUT2D eigenvalue weighted by atomic mass is 9.54. The van der Waals surface area contributed by atoms with Crippen LogP contribution in [-0.4, -0.2) is 60.6 Å². The summed E-state index contributed by atoms with van der Waals surface area (Å²) < 4.78 is 10.1. The highest BCUT2D eigenvalue weighted by atomic mass is 16.5. The smallest absolute Gasteiger partial charge is 0.328 e. The zero-order valence-corrected chi connectivity index (χ0v) is 24.9. The van der Waals surface area contributed by atoms with Crippen molar-refractivity contribution in [1.29, 1.82) is 0 Å². The summed E-state index contributed by atoms with van der Waals surface area (Å²) in [7, 11) is 0. The van der Waals surface area contributed by atoms with Crippen molar-refractivity contribution in [3.8, 4) is 0 Å². The molecule has 4 aromatic heterocycles. The number of hydrogen-bond acceptors (Lipinski definition) is 6. The molecule has 0 aliphatic heterocycles. The van der Waals surface area contributed by atoms with Gasteiger partial charge in [-0.2, -0.15) is 10.2 Å². The van der Waals surface area contributed by atoms with Gasteiger partial charge in [-0.3, -0.25) is 0 Å². The molecule has 4 saturated carbocycles. The number of hydrogen-bond donors (Lipinski definition) is 3. The van der Waals surface area contributed by atoms with Gasteiger partial charge in [-0.25, -0.2) is 18.6 Å². The minimum absolute atomic E-state index is 0.549. The molecule has 3 N–H and O–H groups in total. The van der Waals surface area contributed by atoms with Crippen LogP contribution in [0.1, 0.15) is 61.9 Å². The molecular formula is C34H41N5O5. The van der Waals surface area contributed by atoms with Gasteiger partial charge in [0.15, 0.2) is 0 Å². The first kappa shape index (κ1) is 30.0. The van der Waals surface area contributed by atoms with Crippen LogP contribution in [0.5, 0.6) is 0 Å². The average Bonchev–Trinajstić information content (AvgIpc) is 3.57. The summed E-state index contributed by atoms with van der Waals surface area (Å²) in [5.41, 5.74) is 5.53. The number of pyridine rings is 2. The maximum atomic E-state index is 9.55. The molecule has 0 atom stereocenters. The average molecular weight is 600 g/mol. The Morgan fingerprint density at radius 3 is 2.25 bits per heavy atom. The van der Waals surface area contributed by atoms with Gasteiger partial charge in [0.2, 0.25) is 0 Å². The van der Waals surface area contributed by atoms with E-state index in [2.05, 4.69) is 29.6 Å². The predicted octanol–water partition coefficient (Wildman–Crippen LogP) is 5.00. The predicted molar refractivity (Wildman–Crippen MR) is 165 cm³/mol. The lowest BCUT2D eigenvalue weighted by Crippen LogP contribution is -2.54. The van der Waals surface area contributed by atoms with Crippen LogP contribution in [0, 0.1) is 23.7 Å². The molecule has 0 amide bonds. The number of nitrogens with zero attached hydrogens (tertiary/aromatic N) is 4. The first-order chi connectivity index (χ1) is 21.4. The van der Waals surface area contributed by atoms with E-state index in [0.717, 1.165) is 78.1 Å². The summed E-state index contributed by atoms with van der Waals surface area (Å²) in [6, 6.07) is 15.3. The van der Waals surface area contributed by atoms with Crippen molar-refractivity contribution in [2.75, 3.05) is 13.2 Å². The fraction of sp³-hybridized carbons (Fsp3) is 0.471. The Balaban J connectivity index is 0.000000381. The summed E-state index contributed by atoms with van der Waals surface area (Å²) in [5, 5.41) is 29.2. The quantitative estimate of drug-likeness (QED) is 0.153. The van der Waals surface area contributed by atoms with Crippen molar-refractivity contribution >= 4 is 23.0 Å². The van der Waals surface area contributed by atoms with Crippen LogP contribution in [-0.2, 0) is 27.4 Å². The molecule has 232 valence electrons. The molecule has 4 heterocycles. The maximum Gasteiger partial charge on any atom is 0.328 e. The molecule has 8 rings (SSSR count). The van der Waals surface area contributed by atoms with Gasteiger partial charge >= 0.3 is 11.9 Å². The van der Waals surface area contributed by atoms with Gasteiger partial charge in [0.1, 0.15) is 0 Å². The van der Waals surface area contributed by atoms with Crippen LogP contribution in [0.2, 0.25) is 0 Å². The van der Waals surface area contributed by atoms with Crippen LogP contribution >= 0.6 is 0 Å². The van der Waals surface area contributed by atoms with Gasteiger partial charge in [-0.05, 0) is 105 Å². The Morgan fingerprint density at radius 2 is 1.57 bits per heavy atom. The van der Waals surface area contributed by atoms with Gasteiger partial charge in [0.25, 0.3) is 0 Å². The molecule has 4 aliphatic rings. The van der Waals surface area contributed by atoms with Crippen molar-refractivity contribution in [1.82, 2.24) is 24.5 Å². The van der Waals surface area contributed by atoms with Crippen LogP contribution in [0.25, 0.3) is 11.0 Å². The molecule has 4 aromatic rings. The third kappa shape index (κ3) is 7.19. The van der Waals surface area contributed by atoms with Crippen molar-refractivity contribution in [3.05, 3.63) is 84.0 Å². The zero-order valence-electron chi connectivity index (χ0n) is 24.9. The van der Waals surface area contributed by atoms with E-state index in [1.807, 2.05) is 39.6 Å². The molecule has 4 aliphatic carbocycles. The van der Waals surface area contributed by atoms with Crippen LogP contribution < -0.4 is 5.32 Å². The summed E-state index contributed by atoms with van der Waals surface area (Å²) in [4.78, 5) is 19.1. The monoisotopic (exact) mass is 599 g/mol. The summed E-state index contributed by atoms with van der Waals surface area (Å²) in [5.74, 6) is 1.50. The largest absolute Gasteiger partial charge is 0.478 e. The number of ether oxygens (including phenoxy) is 1. The molecule has 0 unspecified atom stereocenters. The van der Waals surface area contributed by atoms with E-state index in [4.69, 9.17) is 25.1 Å². The SMILES string of the molecule is O=C(O)C=CC(=O)O.c1ccn2nc(Cc3c(COCCCCNC4C5CC6CC(C5)CC4C6)nn4ccccc34)cc2c1. The van der Waals surface area contributed by atoms with E-state index in [9.17, 15) is 9.59 Å². The molecule has 4 fully saturated rings. The number of fused-ring (bicyclic) bond motifs is 2. The van der Waals surface area contributed by atoms with E-state index < -0.39 is 11.9 Å². The second kappa shape index (κ2) is 13.7. The van der Waals surface area contributed by atoms with Gasteiger partial charge in [-0.1, -0.05) is 12.1 Å². The zero-order chi connectivity index (χ0) is 30.5. The lowest BCUT2D eigenvalue weighted by molar-refractivity contribution is -0.134. The van der Waals surface area contributed by atoms with Crippen molar-refractivity contribution in [2.45, 2.75) is 64.0 Å². The Labute approximate surface area is 256 Å². The Kier molecular flexibility index (Phi) is 9.37. The number of carboxylic acids is 2. The van der Waals surface area contributed by atoms with E-state index in [0.29, 0.717) is 18.8 Å². The van der Waals surface area contributed by atoms with E-state index in [1.165, 1.54) is 44.1 Å². The first-order valence-corrected chi connectivity index (χ1v) is 15.8. The fourth-order valence-electron chi connectivity index (χ4n) is 7.83. The third-order valence-corrected chi connectivity index (χ3v) is 9.43. The molecule has 44 heavy (non-hydrogen) atoms. The highest BCUT2D eigenvalue weighted by Gasteiger charge is 2.47. The maximum absolute atomic E-state index is 9.55. The van der Waals surface area contributed by atoms with E-state index >= 15 is 0 Å². The van der Waals surface area contributed by atoms with Gasteiger partial charge < -0.3 is 20.3 Å². The number of aliphatic carboxylic acids is 2. The van der Waals surface area contributed by atoms with Crippen molar-refractivity contribution in [2.24, 2.45) is 23.7 Å². The molecular weight excluding hydrogens is 558 g/mol. The number of carbonyl (C=O) groups is 2. The molecule has 0 radical (unpaired) electrons. The lowest BCUT2D eigenvalue weighted by Gasteiger charge is -2.54. The molecule has 0 saturated heterocycles. The first-order valence-electron chi connectivity index (χ1n) is 15.8. The molecule has 10 nitrogen and oxygen atoms in total. The highest BCUT2D eigenvalue weighted by molar-refractivity contribution is 5.89. The molecule has 4 bridgehead atoms. The second-order valence-electron chi connectivity index (χ2n) is 12.5. The minimum atomic E-state index is -1.26.